The van der Waals surface area contributed by atoms with Gasteiger partial charge in [-0.1, -0.05) is 0 Å². The van der Waals surface area contributed by atoms with Crippen molar-refractivity contribution in [3.05, 3.63) is 11.7 Å². The second-order valence-corrected chi connectivity index (χ2v) is 0.977. The van der Waals surface area contributed by atoms with E-state index >= 15 is 0 Å². The van der Waals surface area contributed by atoms with Crippen molar-refractivity contribution in [1.82, 2.24) is 0 Å². The van der Waals surface area contributed by atoms with Gasteiger partial charge in [-0.15, -0.1) is 0 Å². The van der Waals surface area contributed by atoms with Crippen molar-refractivity contribution in [2.75, 3.05) is 0 Å². The van der Waals surface area contributed by atoms with Crippen LogP contribution in [0.5, 0.6) is 0 Å². The molecule has 0 spiro atoms. The molecule has 0 amide bonds. The van der Waals surface area contributed by atoms with E-state index in [1.54, 1.807) is 0 Å². The Kier molecular flexibility index (Phi) is 5.50. The first-order chi connectivity index (χ1) is 3.55. The Hall–Kier alpha value is -0.507. The Morgan fingerprint density at radius 2 is 1.33 bits per heavy atom. The monoisotopic (exact) mass is 210 g/mol. The molecule has 0 atom stereocenters. The van der Waals surface area contributed by atoms with Gasteiger partial charge >= 0.3 is 11.9 Å². The van der Waals surface area contributed by atoms with Gasteiger partial charge in [0.05, 0.1) is 0 Å². The van der Waals surface area contributed by atoms with Gasteiger partial charge in [0.2, 0.25) is 0 Å². The number of aliphatic hydroxyl groups excluding tert-OH is 2. The minimum absolute atomic E-state index is 0. The number of hydrogen-bond acceptors (Lipinski definition) is 4. The zero-order valence-corrected chi connectivity index (χ0v) is 6.66. The first-order valence-electron chi connectivity index (χ1n) is 1.60. The Morgan fingerprint density at radius 3 is 1.33 bits per heavy atom. The summed E-state index contributed by atoms with van der Waals surface area (Å²) in [5, 5.41) is 31.3. The van der Waals surface area contributed by atoms with Crippen molar-refractivity contribution >= 4 is 5.97 Å². The second-order valence-electron chi connectivity index (χ2n) is 0.977. The van der Waals surface area contributed by atoms with E-state index in [0.717, 1.165) is 0 Å². The van der Waals surface area contributed by atoms with Gasteiger partial charge in [0.1, 0.15) is 0 Å². The standard InChI is InChI=1S/C3H4O5.Zr/c4-1(2(5)6)3(7)8;/h4-6H,(H,7,8);. The molecule has 0 rings (SSSR count). The fourth-order valence-electron chi connectivity index (χ4n) is 0.0956. The fraction of sp³-hybridized carbons (Fsp3) is 0. The van der Waals surface area contributed by atoms with Crippen LogP contribution in [0.15, 0.2) is 11.7 Å². The molecule has 0 heterocycles. The fourth-order valence-corrected chi connectivity index (χ4v) is 0.0956. The Labute approximate surface area is 69.4 Å². The summed E-state index contributed by atoms with van der Waals surface area (Å²) in [6.07, 6.45) is 0. The molecule has 0 aliphatic carbocycles. The largest absolute Gasteiger partial charge is 0.497 e. The van der Waals surface area contributed by atoms with Crippen LogP contribution in [-0.4, -0.2) is 26.4 Å². The second kappa shape index (κ2) is 4.38. The molecule has 50 valence electrons. The van der Waals surface area contributed by atoms with Crippen molar-refractivity contribution in [2.45, 2.75) is 0 Å². The molecule has 6 heteroatoms. The Balaban J connectivity index is 0. The minimum Gasteiger partial charge on any atom is -0.497 e. The van der Waals surface area contributed by atoms with Crippen LogP contribution < -0.4 is 0 Å². The molecule has 5 nitrogen and oxygen atoms in total. The molecule has 0 aliphatic rings. The smallest absolute Gasteiger partial charge is 0.378 e. The maximum absolute atomic E-state index is 9.51. The van der Waals surface area contributed by atoms with Crippen molar-refractivity contribution in [3.8, 4) is 0 Å². The summed E-state index contributed by atoms with van der Waals surface area (Å²) in [7, 11) is 0. The zero-order valence-electron chi connectivity index (χ0n) is 4.20. The van der Waals surface area contributed by atoms with E-state index in [4.69, 9.17) is 20.4 Å². The molecule has 0 bridgehead atoms. The van der Waals surface area contributed by atoms with Crippen molar-refractivity contribution in [1.29, 1.82) is 0 Å². The normalized spacial score (nSPS) is 7.11. The molecular formula is C3H4O5Zr. The van der Waals surface area contributed by atoms with Gasteiger partial charge in [-0.3, -0.25) is 0 Å². The molecule has 0 fully saturated rings. The van der Waals surface area contributed by atoms with E-state index in [1.807, 2.05) is 0 Å². The zero-order chi connectivity index (χ0) is 6.73. The molecule has 0 radical (unpaired) electrons. The van der Waals surface area contributed by atoms with Crippen LogP contribution in [-0.2, 0) is 31.0 Å². The summed E-state index contributed by atoms with van der Waals surface area (Å²) >= 11 is 0. The third-order valence-corrected chi connectivity index (χ3v) is 0.414. The molecule has 0 aromatic rings. The van der Waals surface area contributed by atoms with Crippen molar-refractivity contribution < 1.29 is 51.4 Å². The molecule has 9 heavy (non-hydrogen) atoms. The SMILES string of the molecule is O=C(O)C(O)=C(O)O.[Zr]. The van der Waals surface area contributed by atoms with Crippen LogP contribution in [0.3, 0.4) is 0 Å². The predicted molar refractivity (Wildman–Crippen MR) is 22.5 cm³/mol. The first-order valence-corrected chi connectivity index (χ1v) is 1.60. The van der Waals surface area contributed by atoms with Crippen LogP contribution in [0.4, 0.5) is 0 Å². The van der Waals surface area contributed by atoms with Crippen LogP contribution >= 0.6 is 0 Å². The molecule has 0 saturated carbocycles. The summed E-state index contributed by atoms with van der Waals surface area (Å²) in [5.41, 5.74) is 0. The summed E-state index contributed by atoms with van der Waals surface area (Å²) in [5.74, 6) is -4.81. The maximum atomic E-state index is 9.51. The van der Waals surface area contributed by atoms with Gasteiger partial charge in [0.25, 0.3) is 5.76 Å². The van der Waals surface area contributed by atoms with Gasteiger partial charge in [-0.25, -0.2) is 4.79 Å². The number of aliphatic carboxylic acids is 1. The van der Waals surface area contributed by atoms with Crippen LogP contribution in [0.1, 0.15) is 0 Å². The Morgan fingerprint density at radius 1 is 1.00 bits per heavy atom. The van der Waals surface area contributed by atoms with Gasteiger partial charge in [0, 0.05) is 26.2 Å². The number of carbonyl (C=O) groups is 1. The summed E-state index contributed by atoms with van der Waals surface area (Å²) in [6, 6.07) is 0. The molecule has 0 aromatic carbocycles. The van der Waals surface area contributed by atoms with Gasteiger partial charge < -0.3 is 20.4 Å². The van der Waals surface area contributed by atoms with Crippen LogP contribution in [0.2, 0.25) is 0 Å². The van der Waals surface area contributed by atoms with Crippen molar-refractivity contribution in [2.24, 2.45) is 0 Å². The van der Waals surface area contributed by atoms with E-state index < -0.39 is 17.7 Å². The summed E-state index contributed by atoms with van der Waals surface area (Å²) in [6.45, 7) is 0. The van der Waals surface area contributed by atoms with Gasteiger partial charge in [-0.05, 0) is 0 Å². The minimum atomic E-state index is -1.77. The summed E-state index contributed by atoms with van der Waals surface area (Å²) < 4.78 is 0. The number of rotatable bonds is 1. The number of aliphatic hydroxyl groups is 3. The van der Waals surface area contributed by atoms with Gasteiger partial charge in [-0.2, -0.15) is 0 Å². The molecule has 0 saturated heterocycles. The topological polar surface area (TPSA) is 98.0 Å². The van der Waals surface area contributed by atoms with Crippen LogP contribution in [0, 0.1) is 0 Å². The van der Waals surface area contributed by atoms with Crippen molar-refractivity contribution in [3.63, 3.8) is 0 Å². The molecule has 0 aromatic heterocycles. The quantitative estimate of drug-likeness (QED) is 0.359. The molecule has 4 N–H and O–H groups in total. The molecule has 0 aliphatic heterocycles. The van der Waals surface area contributed by atoms with Gasteiger partial charge in [0.15, 0.2) is 0 Å². The van der Waals surface area contributed by atoms with E-state index in [0.29, 0.717) is 0 Å². The average molecular weight is 211 g/mol. The maximum Gasteiger partial charge on any atom is 0.378 e. The third-order valence-electron chi connectivity index (χ3n) is 0.414. The first kappa shape index (κ1) is 11.3. The number of hydrogen-bond donors (Lipinski definition) is 4. The number of carboxylic acids is 1. The van der Waals surface area contributed by atoms with E-state index in [9.17, 15) is 4.79 Å². The third kappa shape index (κ3) is 4.03. The predicted octanol–water partition coefficient (Wildman–Crippen LogP) is -0.0884. The van der Waals surface area contributed by atoms with E-state index in [1.165, 1.54) is 0 Å². The Bertz CT molecular complexity index is 135. The molecule has 0 unspecified atom stereocenters. The van der Waals surface area contributed by atoms with E-state index in [-0.39, 0.29) is 26.2 Å². The number of carboxylic acid groups (broad SMARTS) is 1. The van der Waals surface area contributed by atoms with Crippen LogP contribution in [0.25, 0.3) is 0 Å². The molecular weight excluding hydrogens is 207 g/mol. The summed E-state index contributed by atoms with van der Waals surface area (Å²) in [4.78, 5) is 9.51. The van der Waals surface area contributed by atoms with E-state index in [2.05, 4.69) is 0 Å². The average Bonchev–Trinajstić information content (AvgIpc) is 1.64.